The summed E-state index contributed by atoms with van der Waals surface area (Å²) in [5.74, 6) is 0.846. The lowest BCUT2D eigenvalue weighted by Crippen LogP contribution is -2.12. The lowest BCUT2D eigenvalue weighted by molar-refractivity contribution is 0.420. The van der Waals surface area contributed by atoms with E-state index in [0.29, 0.717) is 0 Å². The summed E-state index contributed by atoms with van der Waals surface area (Å²) in [6, 6.07) is 8.04. The third kappa shape index (κ3) is 2.76. The van der Waals surface area contributed by atoms with Crippen molar-refractivity contribution in [2.75, 3.05) is 6.54 Å². The van der Waals surface area contributed by atoms with Gasteiger partial charge in [0.15, 0.2) is 5.76 Å². The molecule has 0 fully saturated rings. The van der Waals surface area contributed by atoms with Crippen LogP contribution in [0, 0.1) is 6.92 Å². The molecule has 0 saturated heterocycles. The third-order valence-electron chi connectivity index (χ3n) is 2.65. The predicted molar refractivity (Wildman–Crippen MR) is 71.8 cm³/mol. The van der Waals surface area contributed by atoms with E-state index in [9.17, 15) is 0 Å². The van der Waals surface area contributed by atoms with Gasteiger partial charge in [-0.2, -0.15) is 0 Å². The number of hydrogen-bond acceptors (Lipinski definition) is 3. The van der Waals surface area contributed by atoms with Crippen LogP contribution in [0.2, 0.25) is 0 Å². The topological polar surface area (TPSA) is 38.1 Å². The zero-order valence-electron chi connectivity index (χ0n) is 9.96. The van der Waals surface area contributed by atoms with Crippen LogP contribution >= 0.6 is 15.9 Å². The summed E-state index contributed by atoms with van der Waals surface area (Å²) < 4.78 is 6.46. The van der Waals surface area contributed by atoms with Gasteiger partial charge < -0.3 is 9.84 Å². The van der Waals surface area contributed by atoms with Crippen molar-refractivity contribution in [1.82, 2.24) is 10.5 Å². The Bertz CT molecular complexity index is 508. The van der Waals surface area contributed by atoms with Crippen molar-refractivity contribution < 1.29 is 4.52 Å². The lowest BCUT2D eigenvalue weighted by Gasteiger charge is -2.00. The van der Waals surface area contributed by atoms with Gasteiger partial charge in [-0.3, -0.25) is 0 Å². The van der Waals surface area contributed by atoms with Crippen molar-refractivity contribution in [3.8, 4) is 11.3 Å². The van der Waals surface area contributed by atoms with E-state index in [2.05, 4.69) is 33.3 Å². The van der Waals surface area contributed by atoms with Gasteiger partial charge in [0, 0.05) is 22.1 Å². The molecule has 17 heavy (non-hydrogen) atoms. The predicted octanol–water partition coefficient (Wildman–Crippen LogP) is 3.52. The molecule has 1 aromatic carbocycles. The van der Waals surface area contributed by atoms with Crippen molar-refractivity contribution >= 4 is 15.9 Å². The maximum atomic E-state index is 5.42. The first-order chi connectivity index (χ1) is 8.22. The van der Waals surface area contributed by atoms with Gasteiger partial charge in [0.1, 0.15) is 5.69 Å². The molecule has 0 radical (unpaired) electrons. The molecule has 1 aromatic heterocycles. The lowest BCUT2D eigenvalue weighted by atomic mass is 10.1. The van der Waals surface area contributed by atoms with Crippen molar-refractivity contribution in [1.29, 1.82) is 0 Å². The summed E-state index contributed by atoms with van der Waals surface area (Å²) >= 11 is 3.46. The van der Waals surface area contributed by atoms with E-state index >= 15 is 0 Å². The Morgan fingerprint density at radius 3 is 2.94 bits per heavy atom. The highest BCUT2D eigenvalue weighted by Crippen LogP contribution is 2.27. The number of aromatic nitrogens is 1. The summed E-state index contributed by atoms with van der Waals surface area (Å²) in [7, 11) is 0. The molecule has 90 valence electrons. The Labute approximate surface area is 109 Å². The van der Waals surface area contributed by atoms with Gasteiger partial charge in [-0.1, -0.05) is 40.1 Å². The number of rotatable bonds is 4. The Kier molecular flexibility index (Phi) is 3.97. The van der Waals surface area contributed by atoms with E-state index in [1.807, 2.05) is 31.2 Å². The van der Waals surface area contributed by atoms with Gasteiger partial charge in [0.05, 0.1) is 0 Å². The molecule has 2 rings (SSSR count). The van der Waals surface area contributed by atoms with Crippen molar-refractivity contribution in [3.05, 3.63) is 40.0 Å². The van der Waals surface area contributed by atoms with E-state index in [4.69, 9.17) is 4.52 Å². The Morgan fingerprint density at radius 1 is 1.41 bits per heavy atom. The molecule has 3 nitrogen and oxygen atoms in total. The highest BCUT2D eigenvalue weighted by Gasteiger charge is 2.13. The van der Waals surface area contributed by atoms with Crippen LogP contribution in [0.25, 0.3) is 11.3 Å². The molecule has 2 aromatic rings. The van der Waals surface area contributed by atoms with Crippen LogP contribution in [0.4, 0.5) is 0 Å². The van der Waals surface area contributed by atoms with Crippen LogP contribution in [0.15, 0.2) is 33.3 Å². The molecule has 0 saturated carbocycles. The normalized spacial score (nSPS) is 10.8. The van der Waals surface area contributed by atoms with E-state index in [0.717, 1.165) is 40.1 Å². The van der Waals surface area contributed by atoms with Crippen LogP contribution in [-0.2, 0) is 6.54 Å². The zero-order valence-corrected chi connectivity index (χ0v) is 11.5. The fourth-order valence-electron chi connectivity index (χ4n) is 1.68. The van der Waals surface area contributed by atoms with Crippen LogP contribution in [0.3, 0.4) is 0 Å². The van der Waals surface area contributed by atoms with Gasteiger partial charge in [0.25, 0.3) is 0 Å². The van der Waals surface area contributed by atoms with Crippen LogP contribution in [-0.4, -0.2) is 11.7 Å². The minimum absolute atomic E-state index is 0.750. The maximum absolute atomic E-state index is 5.42. The Balaban J connectivity index is 2.30. The van der Waals surface area contributed by atoms with Gasteiger partial charge in [0.2, 0.25) is 0 Å². The molecule has 0 amide bonds. The molecule has 0 bridgehead atoms. The molecule has 4 heteroatoms. The molecule has 0 aliphatic carbocycles. The van der Waals surface area contributed by atoms with Crippen molar-refractivity contribution in [3.63, 3.8) is 0 Å². The molecule has 1 heterocycles. The smallest absolute Gasteiger partial charge is 0.170 e. The van der Waals surface area contributed by atoms with Crippen LogP contribution in [0.5, 0.6) is 0 Å². The van der Waals surface area contributed by atoms with Crippen LogP contribution < -0.4 is 5.32 Å². The molecular weight excluding hydrogens is 280 g/mol. The molecule has 0 aliphatic rings. The molecule has 0 spiro atoms. The second-order valence-corrected chi connectivity index (χ2v) is 4.79. The highest BCUT2D eigenvalue weighted by atomic mass is 79.9. The number of benzene rings is 1. The first-order valence-electron chi connectivity index (χ1n) is 5.64. The standard InChI is InChI=1S/C13H15BrN2O/c1-3-15-8-12-9(2)13(17-16-12)10-5-4-6-11(14)7-10/h4-7,15H,3,8H2,1-2H3. The molecule has 0 unspecified atom stereocenters. The molecule has 0 atom stereocenters. The summed E-state index contributed by atoms with van der Waals surface area (Å²) in [5, 5.41) is 7.36. The average Bonchev–Trinajstić information content (AvgIpc) is 2.68. The van der Waals surface area contributed by atoms with Gasteiger partial charge in [-0.15, -0.1) is 0 Å². The number of nitrogens with one attached hydrogen (secondary N) is 1. The van der Waals surface area contributed by atoms with E-state index in [1.165, 1.54) is 0 Å². The highest BCUT2D eigenvalue weighted by molar-refractivity contribution is 9.10. The number of hydrogen-bond donors (Lipinski definition) is 1. The van der Waals surface area contributed by atoms with E-state index < -0.39 is 0 Å². The minimum atomic E-state index is 0.750. The summed E-state index contributed by atoms with van der Waals surface area (Å²) in [5.41, 5.74) is 3.12. The monoisotopic (exact) mass is 294 g/mol. The van der Waals surface area contributed by atoms with Crippen LogP contribution in [0.1, 0.15) is 18.2 Å². The third-order valence-corrected chi connectivity index (χ3v) is 3.14. The average molecular weight is 295 g/mol. The first-order valence-corrected chi connectivity index (χ1v) is 6.43. The van der Waals surface area contributed by atoms with Gasteiger partial charge in [-0.05, 0) is 25.6 Å². The summed E-state index contributed by atoms with van der Waals surface area (Å²) in [4.78, 5) is 0. The fourth-order valence-corrected chi connectivity index (χ4v) is 2.08. The molecule has 1 N–H and O–H groups in total. The fraction of sp³-hybridized carbons (Fsp3) is 0.308. The SMILES string of the molecule is CCNCc1noc(-c2cccc(Br)c2)c1C. The largest absolute Gasteiger partial charge is 0.356 e. The molecular formula is C13H15BrN2O. The van der Waals surface area contributed by atoms with E-state index in [1.54, 1.807) is 0 Å². The van der Waals surface area contributed by atoms with Crippen molar-refractivity contribution in [2.24, 2.45) is 0 Å². The quantitative estimate of drug-likeness (QED) is 0.937. The van der Waals surface area contributed by atoms with Crippen molar-refractivity contribution in [2.45, 2.75) is 20.4 Å². The second-order valence-electron chi connectivity index (χ2n) is 3.87. The first kappa shape index (κ1) is 12.3. The minimum Gasteiger partial charge on any atom is -0.356 e. The zero-order chi connectivity index (χ0) is 12.3. The Hall–Kier alpha value is -1.13. The van der Waals surface area contributed by atoms with Gasteiger partial charge >= 0.3 is 0 Å². The maximum Gasteiger partial charge on any atom is 0.170 e. The van der Waals surface area contributed by atoms with E-state index in [-0.39, 0.29) is 0 Å². The summed E-state index contributed by atoms with van der Waals surface area (Å²) in [6.07, 6.45) is 0. The number of halogens is 1. The second kappa shape index (κ2) is 5.47. The summed E-state index contributed by atoms with van der Waals surface area (Å²) in [6.45, 7) is 5.79. The van der Waals surface area contributed by atoms with Gasteiger partial charge in [-0.25, -0.2) is 0 Å². The molecule has 0 aliphatic heterocycles. The number of nitrogens with zero attached hydrogens (tertiary/aromatic N) is 1. The Morgan fingerprint density at radius 2 is 2.24 bits per heavy atom.